The summed E-state index contributed by atoms with van der Waals surface area (Å²) in [6, 6.07) is 8.65. The van der Waals surface area contributed by atoms with E-state index >= 15 is 0 Å². The zero-order chi connectivity index (χ0) is 13.7. The summed E-state index contributed by atoms with van der Waals surface area (Å²) in [6.07, 6.45) is 2.61. The lowest BCUT2D eigenvalue weighted by Crippen LogP contribution is -2.32. The molecule has 0 amide bonds. The molecule has 1 aromatic rings. The van der Waals surface area contributed by atoms with Crippen molar-refractivity contribution in [1.29, 1.82) is 0 Å². The number of hydrogen-bond donors (Lipinski definition) is 2. The number of nitrogens with zero attached hydrogens (tertiary/aromatic N) is 1. The average Bonchev–Trinajstić information content (AvgIpc) is 2.93. The average molecular weight is 262 g/mol. The summed E-state index contributed by atoms with van der Waals surface area (Å²) in [5.41, 5.74) is 2.68. The first-order chi connectivity index (χ1) is 9.12. The topological polar surface area (TPSA) is 35.5 Å². The highest BCUT2D eigenvalue weighted by Gasteiger charge is 2.17. The highest BCUT2D eigenvalue weighted by molar-refractivity contribution is 5.54. The van der Waals surface area contributed by atoms with Gasteiger partial charge in [-0.15, -0.1) is 0 Å². The van der Waals surface area contributed by atoms with Crippen molar-refractivity contribution in [1.82, 2.24) is 5.32 Å². The summed E-state index contributed by atoms with van der Waals surface area (Å²) in [6.45, 7) is 8.43. The summed E-state index contributed by atoms with van der Waals surface area (Å²) < 4.78 is 0. The fourth-order valence-corrected chi connectivity index (χ4v) is 2.52. The Balaban J connectivity index is 1.96. The van der Waals surface area contributed by atoms with Gasteiger partial charge in [-0.3, -0.25) is 0 Å². The molecule has 19 heavy (non-hydrogen) atoms. The van der Waals surface area contributed by atoms with Crippen molar-refractivity contribution in [3.8, 4) is 0 Å². The quantitative estimate of drug-likeness (QED) is 0.826. The molecule has 1 aromatic carbocycles. The van der Waals surface area contributed by atoms with Crippen molar-refractivity contribution in [2.24, 2.45) is 5.41 Å². The SMILES string of the molecule is CC(C)(CO)CNCc1ccccc1N1CCCC1. The number of rotatable bonds is 6. The van der Waals surface area contributed by atoms with Crippen LogP contribution in [0.1, 0.15) is 32.3 Å². The molecule has 0 atom stereocenters. The molecule has 3 nitrogen and oxygen atoms in total. The van der Waals surface area contributed by atoms with Crippen LogP contribution in [-0.4, -0.2) is 31.3 Å². The fourth-order valence-electron chi connectivity index (χ4n) is 2.52. The molecule has 0 unspecified atom stereocenters. The number of aliphatic hydroxyl groups is 1. The maximum Gasteiger partial charge on any atom is 0.0494 e. The first kappa shape index (κ1) is 14.4. The number of anilines is 1. The Morgan fingerprint density at radius 2 is 1.89 bits per heavy atom. The summed E-state index contributed by atoms with van der Waals surface area (Å²) in [4.78, 5) is 2.48. The highest BCUT2D eigenvalue weighted by Crippen LogP contribution is 2.24. The molecular weight excluding hydrogens is 236 g/mol. The molecule has 2 N–H and O–H groups in total. The van der Waals surface area contributed by atoms with Crippen LogP contribution in [0.5, 0.6) is 0 Å². The third-order valence-electron chi connectivity index (χ3n) is 3.79. The molecule has 0 radical (unpaired) electrons. The standard InChI is InChI=1S/C16H26N2O/c1-16(2,13-19)12-17-11-14-7-3-4-8-15(14)18-9-5-6-10-18/h3-4,7-8,17,19H,5-6,9-13H2,1-2H3. The summed E-state index contributed by atoms with van der Waals surface area (Å²) in [5.74, 6) is 0. The number of benzene rings is 1. The van der Waals surface area contributed by atoms with E-state index in [-0.39, 0.29) is 12.0 Å². The van der Waals surface area contributed by atoms with Crippen molar-refractivity contribution in [3.05, 3.63) is 29.8 Å². The molecule has 0 saturated carbocycles. The van der Waals surface area contributed by atoms with Crippen LogP contribution in [0.3, 0.4) is 0 Å². The Morgan fingerprint density at radius 3 is 2.58 bits per heavy atom. The van der Waals surface area contributed by atoms with E-state index < -0.39 is 0 Å². The lowest BCUT2D eigenvalue weighted by molar-refractivity contribution is 0.156. The zero-order valence-electron chi connectivity index (χ0n) is 12.2. The maximum absolute atomic E-state index is 9.27. The summed E-state index contributed by atoms with van der Waals surface area (Å²) in [7, 11) is 0. The van der Waals surface area contributed by atoms with E-state index in [2.05, 4.69) is 48.3 Å². The Kier molecular flexibility index (Phi) is 4.83. The second-order valence-corrected chi connectivity index (χ2v) is 6.25. The molecule has 1 aliphatic rings. The highest BCUT2D eigenvalue weighted by atomic mass is 16.3. The molecule has 1 heterocycles. The van der Waals surface area contributed by atoms with Crippen LogP contribution in [0.25, 0.3) is 0 Å². The smallest absolute Gasteiger partial charge is 0.0494 e. The van der Waals surface area contributed by atoms with Crippen LogP contribution < -0.4 is 10.2 Å². The molecule has 1 fully saturated rings. The van der Waals surface area contributed by atoms with Gasteiger partial charge in [0, 0.05) is 43.9 Å². The summed E-state index contributed by atoms with van der Waals surface area (Å²) in [5, 5.41) is 12.7. The van der Waals surface area contributed by atoms with Crippen molar-refractivity contribution in [3.63, 3.8) is 0 Å². The van der Waals surface area contributed by atoms with E-state index in [1.165, 1.54) is 37.2 Å². The van der Waals surface area contributed by atoms with Crippen molar-refractivity contribution in [2.45, 2.75) is 33.2 Å². The number of hydrogen-bond acceptors (Lipinski definition) is 3. The van der Waals surface area contributed by atoms with Gasteiger partial charge in [0.2, 0.25) is 0 Å². The van der Waals surface area contributed by atoms with Crippen molar-refractivity contribution >= 4 is 5.69 Å². The van der Waals surface area contributed by atoms with E-state index in [1.807, 2.05) is 0 Å². The van der Waals surface area contributed by atoms with Crippen molar-refractivity contribution < 1.29 is 5.11 Å². The molecule has 0 aromatic heterocycles. The minimum Gasteiger partial charge on any atom is -0.396 e. The van der Waals surface area contributed by atoms with Gasteiger partial charge in [-0.2, -0.15) is 0 Å². The van der Waals surface area contributed by atoms with Gasteiger partial charge in [-0.05, 0) is 24.5 Å². The van der Waals surface area contributed by atoms with Gasteiger partial charge in [-0.25, -0.2) is 0 Å². The zero-order valence-corrected chi connectivity index (χ0v) is 12.2. The molecule has 0 spiro atoms. The molecule has 1 saturated heterocycles. The first-order valence-corrected chi connectivity index (χ1v) is 7.27. The maximum atomic E-state index is 9.27. The number of nitrogens with one attached hydrogen (secondary N) is 1. The molecular formula is C16H26N2O. The van der Waals surface area contributed by atoms with Gasteiger partial charge in [0.15, 0.2) is 0 Å². The molecule has 106 valence electrons. The first-order valence-electron chi connectivity index (χ1n) is 7.27. The van der Waals surface area contributed by atoms with E-state index in [0.29, 0.717) is 0 Å². The normalized spacial score (nSPS) is 16.1. The Labute approximate surface area is 116 Å². The lowest BCUT2D eigenvalue weighted by atomic mass is 9.95. The molecule has 3 heteroatoms. The Morgan fingerprint density at radius 1 is 1.21 bits per heavy atom. The minimum atomic E-state index is -0.0530. The van der Waals surface area contributed by atoms with E-state index in [4.69, 9.17) is 0 Å². The largest absolute Gasteiger partial charge is 0.396 e. The lowest BCUT2D eigenvalue weighted by Gasteiger charge is -2.24. The van der Waals surface area contributed by atoms with Gasteiger partial charge in [0.1, 0.15) is 0 Å². The molecule has 2 rings (SSSR count). The van der Waals surface area contributed by atoms with Gasteiger partial charge >= 0.3 is 0 Å². The molecule has 1 aliphatic heterocycles. The van der Waals surface area contributed by atoms with Crippen LogP contribution in [0.15, 0.2) is 24.3 Å². The van der Waals surface area contributed by atoms with Gasteiger partial charge in [0.05, 0.1) is 0 Å². The van der Waals surface area contributed by atoms with E-state index in [0.717, 1.165) is 13.1 Å². The predicted molar refractivity (Wildman–Crippen MR) is 80.5 cm³/mol. The van der Waals surface area contributed by atoms with E-state index in [1.54, 1.807) is 0 Å². The minimum absolute atomic E-state index is 0.0530. The van der Waals surface area contributed by atoms with Crippen LogP contribution in [0.2, 0.25) is 0 Å². The van der Waals surface area contributed by atoms with Gasteiger partial charge in [0.25, 0.3) is 0 Å². The molecule has 0 bridgehead atoms. The number of aliphatic hydroxyl groups excluding tert-OH is 1. The van der Waals surface area contributed by atoms with Crippen LogP contribution in [0.4, 0.5) is 5.69 Å². The van der Waals surface area contributed by atoms with Crippen molar-refractivity contribution in [2.75, 3.05) is 31.1 Å². The van der Waals surface area contributed by atoms with Crippen LogP contribution in [-0.2, 0) is 6.54 Å². The number of para-hydroxylation sites is 1. The van der Waals surface area contributed by atoms with Gasteiger partial charge < -0.3 is 15.3 Å². The van der Waals surface area contributed by atoms with Gasteiger partial charge in [-0.1, -0.05) is 32.0 Å². The summed E-state index contributed by atoms with van der Waals surface area (Å²) >= 11 is 0. The Hall–Kier alpha value is -1.06. The third kappa shape index (κ3) is 3.95. The Bertz CT molecular complexity index is 397. The predicted octanol–water partition coefficient (Wildman–Crippen LogP) is 2.39. The van der Waals surface area contributed by atoms with Crippen LogP contribution >= 0.6 is 0 Å². The second kappa shape index (κ2) is 6.40. The third-order valence-corrected chi connectivity index (χ3v) is 3.79. The van der Waals surface area contributed by atoms with E-state index in [9.17, 15) is 5.11 Å². The second-order valence-electron chi connectivity index (χ2n) is 6.25. The van der Waals surface area contributed by atoms with Crippen LogP contribution in [0, 0.1) is 5.41 Å². The monoisotopic (exact) mass is 262 g/mol. The molecule has 0 aliphatic carbocycles. The fraction of sp³-hybridized carbons (Fsp3) is 0.625.